The molecule has 0 spiro atoms. The Morgan fingerprint density at radius 2 is 1.41 bits per heavy atom. The van der Waals surface area contributed by atoms with Crippen LogP contribution < -0.4 is 10.6 Å². The lowest BCUT2D eigenvalue weighted by Crippen LogP contribution is -2.43. The number of fused-ring (bicyclic) bond motifs is 1. The predicted molar refractivity (Wildman–Crippen MR) is 94.3 cm³/mol. The predicted octanol–water partition coefficient (Wildman–Crippen LogP) is 1.04. The number of carbonyl (C=O) groups is 1. The second kappa shape index (κ2) is 7.71. The maximum absolute atomic E-state index is 14.0. The van der Waals surface area contributed by atoms with Crippen molar-refractivity contribution in [1.82, 2.24) is 4.90 Å². The van der Waals surface area contributed by atoms with Crippen LogP contribution in [-0.4, -0.2) is 63.0 Å². The summed E-state index contributed by atoms with van der Waals surface area (Å²) in [6.45, 7) is 1.41. The second-order valence-corrected chi connectivity index (χ2v) is 9.83. The Balaban J connectivity index is 1.74. The molecule has 2 fully saturated rings. The molecule has 3 atom stereocenters. The Hall–Kier alpha value is -1.95. The van der Waals surface area contributed by atoms with Crippen LogP contribution in [0.5, 0.6) is 0 Å². The van der Waals surface area contributed by atoms with Crippen LogP contribution in [0.25, 0.3) is 0 Å². The number of likely N-dealkylation sites (tertiary alicyclic amines) is 1. The molecule has 2 N–H and O–H groups in total. The Kier molecular flexibility index (Phi) is 5.78. The van der Waals surface area contributed by atoms with Crippen LogP contribution in [0.1, 0.15) is 6.92 Å². The van der Waals surface area contributed by atoms with Gasteiger partial charge in [-0.3, -0.25) is 4.79 Å². The first kappa shape index (κ1) is 21.8. The van der Waals surface area contributed by atoms with E-state index in [0.29, 0.717) is 0 Å². The highest BCUT2D eigenvalue weighted by Crippen LogP contribution is 2.38. The van der Waals surface area contributed by atoms with Crippen molar-refractivity contribution in [3.8, 4) is 0 Å². The van der Waals surface area contributed by atoms with Gasteiger partial charge in [0.1, 0.15) is 10.9 Å². The molecule has 2 aliphatic heterocycles. The summed E-state index contributed by atoms with van der Waals surface area (Å²) < 4.78 is 92.4. The smallest absolute Gasteiger partial charge is 0.240 e. The number of hydrogen-bond donors (Lipinski definition) is 1. The first-order chi connectivity index (χ1) is 13.5. The molecule has 12 heteroatoms. The van der Waals surface area contributed by atoms with Gasteiger partial charge in [-0.25, -0.2) is 30.4 Å². The van der Waals surface area contributed by atoms with Gasteiger partial charge < -0.3 is 15.5 Å². The summed E-state index contributed by atoms with van der Waals surface area (Å²) in [6.07, 6.45) is 0. The van der Waals surface area contributed by atoms with Gasteiger partial charge in [0.15, 0.2) is 33.1 Å². The molecule has 6 nitrogen and oxygen atoms in total. The van der Waals surface area contributed by atoms with E-state index in [9.17, 15) is 35.2 Å². The van der Waals surface area contributed by atoms with Gasteiger partial charge in [0.05, 0.1) is 5.75 Å². The molecule has 0 aliphatic carbocycles. The first-order valence-electron chi connectivity index (χ1n) is 8.96. The van der Waals surface area contributed by atoms with E-state index in [1.165, 1.54) is 11.8 Å². The maximum Gasteiger partial charge on any atom is 0.240 e. The summed E-state index contributed by atoms with van der Waals surface area (Å²) in [4.78, 5) is 15.0. The van der Waals surface area contributed by atoms with Gasteiger partial charge in [0, 0.05) is 44.6 Å². The number of rotatable bonds is 5. The lowest BCUT2D eigenvalue weighted by atomic mass is 10.0. The molecular formula is C17H20F5N3O3S. The van der Waals surface area contributed by atoms with Crippen LogP contribution in [-0.2, 0) is 14.6 Å². The molecule has 2 heterocycles. The van der Waals surface area contributed by atoms with E-state index >= 15 is 0 Å². The number of sulfone groups is 1. The van der Waals surface area contributed by atoms with E-state index < -0.39 is 55.8 Å². The summed E-state index contributed by atoms with van der Waals surface area (Å²) in [5, 5.41) is -1.27. The summed E-state index contributed by atoms with van der Waals surface area (Å²) in [6, 6.07) is 0. The molecule has 0 saturated carbocycles. The number of nitrogens with zero attached hydrogens (tertiary/aromatic N) is 2. The maximum atomic E-state index is 14.0. The molecule has 1 unspecified atom stereocenters. The molecule has 0 bridgehead atoms. The minimum absolute atomic E-state index is 0.0171. The summed E-state index contributed by atoms with van der Waals surface area (Å²) in [5.74, 6) is -11.5. The van der Waals surface area contributed by atoms with Gasteiger partial charge in [-0.1, -0.05) is 0 Å². The number of anilines is 1. The Morgan fingerprint density at radius 1 is 0.966 bits per heavy atom. The van der Waals surface area contributed by atoms with Gasteiger partial charge in [-0.05, 0) is 6.92 Å². The zero-order valence-corrected chi connectivity index (χ0v) is 16.3. The Labute approximate surface area is 164 Å². The van der Waals surface area contributed by atoms with E-state index in [4.69, 9.17) is 5.73 Å². The summed E-state index contributed by atoms with van der Waals surface area (Å²) in [5.41, 5.74) is 4.28. The quantitative estimate of drug-likeness (QED) is 0.420. The standard InChI is InChI=1S/C17H20F5N3O3S/c1-8(29(27,28)3-2-23)17(26)25-6-9-4-24(5-10(9)7-25)16-14(21)12(19)11(18)13(20)15(16)22/h8-10H,2-7,23H2,1H3/t8?,9-,10+. The highest BCUT2D eigenvalue weighted by Gasteiger charge is 2.45. The summed E-state index contributed by atoms with van der Waals surface area (Å²) in [7, 11) is -3.69. The van der Waals surface area contributed by atoms with Gasteiger partial charge in [-0.15, -0.1) is 0 Å². The molecule has 0 radical (unpaired) electrons. The average Bonchev–Trinajstić information content (AvgIpc) is 3.22. The molecule has 162 valence electrons. The fourth-order valence-corrected chi connectivity index (χ4v) is 5.12. The van der Waals surface area contributed by atoms with Crippen LogP contribution in [0, 0.1) is 40.9 Å². The van der Waals surface area contributed by atoms with Crippen molar-refractivity contribution in [3.63, 3.8) is 0 Å². The third-order valence-corrected chi connectivity index (χ3v) is 7.67. The van der Waals surface area contributed by atoms with Crippen molar-refractivity contribution in [1.29, 1.82) is 0 Å². The third kappa shape index (κ3) is 3.67. The number of halogens is 5. The number of benzene rings is 1. The molecular weight excluding hydrogens is 421 g/mol. The largest absolute Gasteiger partial charge is 0.366 e. The number of hydrogen-bond acceptors (Lipinski definition) is 5. The molecule has 29 heavy (non-hydrogen) atoms. The molecule has 2 aliphatic rings. The molecule has 1 aromatic rings. The van der Waals surface area contributed by atoms with Crippen molar-refractivity contribution < 1.29 is 35.2 Å². The number of nitrogens with two attached hydrogens (primary N) is 1. The highest BCUT2D eigenvalue weighted by molar-refractivity contribution is 7.92. The van der Waals surface area contributed by atoms with Crippen molar-refractivity contribution >= 4 is 21.4 Å². The molecule has 1 aromatic carbocycles. The van der Waals surface area contributed by atoms with Gasteiger partial charge in [-0.2, -0.15) is 0 Å². The van der Waals surface area contributed by atoms with Crippen molar-refractivity contribution in [3.05, 3.63) is 29.1 Å². The monoisotopic (exact) mass is 441 g/mol. The normalized spacial score (nSPS) is 22.9. The fourth-order valence-electron chi connectivity index (χ4n) is 3.98. The van der Waals surface area contributed by atoms with Crippen molar-refractivity contribution in [2.45, 2.75) is 12.2 Å². The average molecular weight is 441 g/mol. The zero-order chi connectivity index (χ0) is 21.7. The second-order valence-electron chi connectivity index (χ2n) is 7.38. The number of carbonyl (C=O) groups excluding carboxylic acids is 1. The summed E-state index contributed by atoms with van der Waals surface area (Å²) >= 11 is 0. The van der Waals surface area contributed by atoms with Gasteiger partial charge in [0.25, 0.3) is 0 Å². The topological polar surface area (TPSA) is 83.7 Å². The molecule has 3 rings (SSSR count). The lowest BCUT2D eigenvalue weighted by Gasteiger charge is -2.25. The van der Waals surface area contributed by atoms with E-state index in [2.05, 4.69) is 0 Å². The van der Waals surface area contributed by atoms with Crippen LogP contribution in [0.15, 0.2) is 0 Å². The lowest BCUT2D eigenvalue weighted by molar-refractivity contribution is -0.129. The van der Waals surface area contributed by atoms with E-state index in [0.717, 1.165) is 4.90 Å². The SMILES string of the molecule is CC(C(=O)N1C[C@@H]2CN(c3c(F)c(F)c(F)c(F)c3F)C[C@@H]2C1)S(=O)(=O)CCN. The fraction of sp³-hybridized carbons (Fsp3) is 0.588. The van der Waals surface area contributed by atoms with Crippen molar-refractivity contribution in [2.75, 3.05) is 43.4 Å². The van der Waals surface area contributed by atoms with Crippen molar-refractivity contribution in [2.24, 2.45) is 17.6 Å². The van der Waals surface area contributed by atoms with E-state index in [-0.39, 0.29) is 50.3 Å². The van der Waals surface area contributed by atoms with Crippen LogP contribution in [0.4, 0.5) is 27.6 Å². The van der Waals surface area contributed by atoms with Gasteiger partial charge in [0.2, 0.25) is 11.7 Å². The Morgan fingerprint density at radius 3 is 1.86 bits per heavy atom. The minimum atomic E-state index is -3.69. The Bertz CT molecular complexity index is 900. The molecule has 2 saturated heterocycles. The number of amides is 1. The van der Waals surface area contributed by atoms with Crippen LogP contribution >= 0.6 is 0 Å². The molecule has 0 aromatic heterocycles. The minimum Gasteiger partial charge on any atom is -0.366 e. The highest BCUT2D eigenvalue weighted by atomic mass is 32.2. The zero-order valence-electron chi connectivity index (χ0n) is 15.5. The van der Waals surface area contributed by atoms with Crippen LogP contribution in [0.3, 0.4) is 0 Å². The third-order valence-electron chi connectivity index (χ3n) is 5.59. The molecule has 1 amide bonds. The van der Waals surface area contributed by atoms with Crippen LogP contribution in [0.2, 0.25) is 0 Å². The first-order valence-corrected chi connectivity index (χ1v) is 10.7. The van der Waals surface area contributed by atoms with E-state index in [1.54, 1.807) is 0 Å². The van der Waals surface area contributed by atoms with Gasteiger partial charge >= 0.3 is 0 Å². The van der Waals surface area contributed by atoms with E-state index in [1.807, 2.05) is 0 Å².